The molecule has 0 aliphatic heterocycles. The summed E-state index contributed by atoms with van der Waals surface area (Å²) in [6.45, 7) is 0.0678. The van der Waals surface area contributed by atoms with Crippen molar-refractivity contribution in [2.45, 2.75) is 6.61 Å². The van der Waals surface area contributed by atoms with Crippen LogP contribution in [0.15, 0.2) is 83.4 Å². The third-order valence-electron chi connectivity index (χ3n) is 3.98. The highest BCUT2D eigenvalue weighted by molar-refractivity contribution is 6.04. The van der Waals surface area contributed by atoms with E-state index in [4.69, 9.17) is 9.26 Å². The quantitative estimate of drug-likeness (QED) is 0.502. The van der Waals surface area contributed by atoms with Crippen molar-refractivity contribution in [3.63, 3.8) is 0 Å². The van der Waals surface area contributed by atoms with Gasteiger partial charge in [0.1, 0.15) is 12.3 Å². The third kappa shape index (κ3) is 3.15. The van der Waals surface area contributed by atoms with Crippen LogP contribution in [0.2, 0.25) is 0 Å². The van der Waals surface area contributed by atoms with Crippen LogP contribution in [0.25, 0.3) is 22.1 Å². The van der Waals surface area contributed by atoms with E-state index in [9.17, 15) is 4.79 Å². The predicted molar refractivity (Wildman–Crippen MR) is 95.0 cm³/mol. The van der Waals surface area contributed by atoms with Crippen LogP contribution in [0.4, 0.5) is 0 Å². The summed E-state index contributed by atoms with van der Waals surface area (Å²) in [6, 6.07) is 24.8. The number of hydrogen-bond acceptors (Lipinski definition) is 4. The molecule has 0 N–H and O–H groups in total. The third-order valence-corrected chi connectivity index (χ3v) is 3.98. The highest BCUT2D eigenvalue weighted by Crippen LogP contribution is 2.22. The van der Waals surface area contributed by atoms with E-state index < -0.39 is 0 Å². The summed E-state index contributed by atoms with van der Waals surface area (Å²) in [5.74, 6) is 0.276. The van der Waals surface area contributed by atoms with Gasteiger partial charge in [0.2, 0.25) is 0 Å². The van der Waals surface area contributed by atoms with Gasteiger partial charge in [0.05, 0.1) is 5.56 Å². The molecule has 0 saturated carbocycles. The van der Waals surface area contributed by atoms with Gasteiger partial charge in [-0.3, -0.25) is 0 Å². The molecule has 0 radical (unpaired) electrons. The molecule has 1 aromatic heterocycles. The summed E-state index contributed by atoms with van der Waals surface area (Å²) < 4.78 is 10.7. The highest BCUT2D eigenvalue weighted by atomic mass is 16.5. The van der Waals surface area contributed by atoms with Crippen molar-refractivity contribution >= 4 is 16.7 Å². The standard InChI is InChI=1S/C21H15NO3/c23-21(19-12-6-10-15-7-4-5-11-18(15)19)24-14-17-13-20(25-22-17)16-8-2-1-3-9-16/h1-13H,14H2. The monoisotopic (exact) mass is 329 g/mol. The van der Waals surface area contributed by atoms with Gasteiger partial charge in [-0.25, -0.2) is 4.79 Å². The van der Waals surface area contributed by atoms with Gasteiger partial charge in [-0.1, -0.05) is 71.9 Å². The zero-order chi connectivity index (χ0) is 17.1. The normalized spacial score (nSPS) is 10.7. The number of esters is 1. The van der Waals surface area contributed by atoms with E-state index >= 15 is 0 Å². The van der Waals surface area contributed by atoms with Gasteiger partial charge in [0, 0.05) is 11.6 Å². The first-order valence-corrected chi connectivity index (χ1v) is 7.97. The molecule has 25 heavy (non-hydrogen) atoms. The van der Waals surface area contributed by atoms with Gasteiger partial charge in [-0.05, 0) is 16.8 Å². The molecular weight excluding hydrogens is 314 g/mol. The van der Waals surface area contributed by atoms with Crippen molar-refractivity contribution < 1.29 is 14.1 Å². The van der Waals surface area contributed by atoms with Crippen LogP contribution in [-0.4, -0.2) is 11.1 Å². The highest BCUT2D eigenvalue weighted by Gasteiger charge is 2.13. The Morgan fingerprint density at radius 1 is 0.920 bits per heavy atom. The Hall–Kier alpha value is -3.40. The van der Waals surface area contributed by atoms with Crippen molar-refractivity contribution in [1.29, 1.82) is 0 Å². The van der Waals surface area contributed by atoms with Gasteiger partial charge < -0.3 is 9.26 Å². The molecule has 0 aliphatic carbocycles. The van der Waals surface area contributed by atoms with Crippen molar-refractivity contribution in [2.75, 3.05) is 0 Å². The van der Waals surface area contributed by atoms with Crippen molar-refractivity contribution in [3.8, 4) is 11.3 Å². The number of hydrogen-bond donors (Lipinski definition) is 0. The van der Waals surface area contributed by atoms with Crippen LogP contribution in [0, 0.1) is 0 Å². The second-order valence-corrected chi connectivity index (χ2v) is 5.65. The first kappa shape index (κ1) is 15.1. The molecule has 4 nitrogen and oxygen atoms in total. The Balaban J connectivity index is 1.50. The average molecular weight is 329 g/mol. The van der Waals surface area contributed by atoms with Gasteiger partial charge in [0.25, 0.3) is 0 Å². The number of benzene rings is 3. The Kier molecular flexibility index (Phi) is 4.01. The Morgan fingerprint density at radius 3 is 2.56 bits per heavy atom. The molecule has 3 aromatic carbocycles. The molecule has 0 fully saturated rings. The van der Waals surface area contributed by atoms with Crippen LogP contribution in [0.5, 0.6) is 0 Å². The second-order valence-electron chi connectivity index (χ2n) is 5.65. The van der Waals surface area contributed by atoms with Crippen molar-refractivity contribution in [3.05, 3.63) is 90.1 Å². The predicted octanol–water partition coefficient (Wildman–Crippen LogP) is 4.85. The molecular formula is C21H15NO3. The van der Waals surface area contributed by atoms with Crippen LogP contribution < -0.4 is 0 Å². The molecule has 4 rings (SSSR count). The largest absolute Gasteiger partial charge is 0.455 e. The molecule has 0 amide bonds. The van der Waals surface area contributed by atoms with Crippen LogP contribution in [-0.2, 0) is 11.3 Å². The molecule has 0 unspecified atom stereocenters. The number of aromatic nitrogens is 1. The number of fused-ring (bicyclic) bond motifs is 1. The van der Waals surface area contributed by atoms with Gasteiger partial charge in [-0.15, -0.1) is 0 Å². The minimum Gasteiger partial charge on any atom is -0.455 e. The molecule has 4 aromatic rings. The minimum absolute atomic E-state index is 0.0678. The van der Waals surface area contributed by atoms with E-state index in [1.807, 2.05) is 66.7 Å². The SMILES string of the molecule is O=C(OCc1cc(-c2ccccc2)on1)c1cccc2ccccc12. The van der Waals surface area contributed by atoms with E-state index in [2.05, 4.69) is 5.16 Å². The fraction of sp³-hybridized carbons (Fsp3) is 0.0476. The molecule has 0 spiro atoms. The van der Waals surface area contributed by atoms with Gasteiger partial charge in [-0.2, -0.15) is 0 Å². The van der Waals surface area contributed by atoms with Crippen molar-refractivity contribution in [2.24, 2.45) is 0 Å². The van der Waals surface area contributed by atoms with E-state index in [-0.39, 0.29) is 12.6 Å². The van der Waals surface area contributed by atoms with Gasteiger partial charge >= 0.3 is 5.97 Å². The maximum absolute atomic E-state index is 12.4. The summed E-state index contributed by atoms with van der Waals surface area (Å²) in [4.78, 5) is 12.4. The molecule has 0 bridgehead atoms. The first-order valence-electron chi connectivity index (χ1n) is 7.97. The fourth-order valence-electron chi connectivity index (χ4n) is 2.74. The average Bonchev–Trinajstić information content (AvgIpc) is 3.15. The summed E-state index contributed by atoms with van der Waals surface area (Å²) in [6.07, 6.45) is 0. The Bertz CT molecular complexity index is 1020. The fourth-order valence-corrected chi connectivity index (χ4v) is 2.74. The maximum atomic E-state index is 12.4. The summed E-state index contributed by atoms with van der Waals surface area (Å²) in [5, 5.41) is 5.85. The van der Waals surface area contributed by atoms with Crippen LogP contribution >= 0.6 is 0 Å². The van der Waals surface area contributed by atoms with Crippen LogP contribution in [0.1, 0.15) is 16.1 Å². The van der Waals surface area contributed by atoms with Gasteiger partial charge in [0.15, 0.2) is 5.76 Å². The van der Waals surface area contributed by atoms with E-state index in [1.54, 1.807) is 12.1 Å². The Morgan fingerprint density at radius 2 is 1.68 bits per heavy atom. The lowest BCUT2D eigenvalue weighted by molar-refractivity contribution is 0.0466. The topological polar surface area (TPSA) is 52.3 Å². The molecule has 1 heterocycles. The molecule has 0 atom stereocenters. The number of carbonyl (C=O) groups excluding carboxylic acids is 1. The van der Waals surface area contributed by atoms with E-state index in [1.165, 1.54) is 0 Å². The maximum Gasteiger partial charge on any atom is 0.339 e. The van der Waals surface area contributed by atoms with Crippen LogP contribution in [0.3, 0.4) is 0 Å². The second kappa shape index (κ2) is 6.61. The zero-order valence-corrected chi connectivity index (χ0v) is 13.4. The minimum atomic E-state index is -0.374. The molecule has 122 valence electrons. The number of nitrogens with zero attached hydrogens (tertiary/aromatic N) is 1. The molecule has 0 saturated heterocycles. The number of rotatable bonds is 4. The number of carbonyl (C=O) groups is 1. The summed E-state index contributed by atoms with van der Waals surface area (Å²) >= 11 is 0. The van der Waals surface area contributed by atoms with Crippen molar-refractivity contribution in [1.82, 2.24) is 5.16 Å². The zero-order valence-electron chi connectivity index (χ0n) is 13.4. The lowest BCUT2D eigenvalue weighted by Crippen LogP contribution is -2.06. The molecule has 4 heteroatoms. The summed E-state index contributed by atoms with van der Waals surface area (Å²) in [7, 11) is 0. The van der Waals surface area contributed by atoms with E-state index in [0.717, 1.165) is 16.3 Å². The molecule has 0 aliphatic rings. The first-order chi connectivity index (χ1) is 12.3. The Labute approximate surface area is 144 Å². The van der Waals surface area contributed by atoms with E-state index in [0.29, 0.717) is 17.0 Å². The lowest BCUT2D eigenvalue weighted by Gasteiger charge is -2.06. The summed E-state index contributed by atoms with van der Waals surface area (Å²) in [5.41, 5.74) is 2.05. The lowest BCUT2D eigenvalue weighted by atomic mass is 10.1. The number of ether oxygens (including phenoxy) is 1. The smallest absolute Gasteiger partial charge is 0.339 e.